The number of methoxy groups -OCH3 is 2. The van der Waals surface area contributed by atoms with Gasteiger partial charge in [0.2, 0.25) is 0 Å². The summed E-state index contributed by atoms with van der Waals surface area (Å²) in [4.78, 5) is 13.5. The summed E-state index contributed by atoms with van der Waals surface area (Å²) in [6, 6.07) is 5.82. The van der Waals surface area contributed by atoms with E-state index in [4.69, 9.17) is 9.47 Å². The second-order valence-corrected chi connectivity index (χ2v) is 5.82. The number of benzene rings is 1. The van der Waals surface area contributed by atoms with Gasteiger partial charge in [-0.3, -0.25) is 4.79 Å². The molecule has 1 saturated heterocycles. The van der Waals surface area contributed by atoms with Crippen LogP contribution in [0.2, 0.25) is 0 Å². The van der Waals surface area contributed by atoms with Crippen molar-refractivity contribution in [1.29, 1.82) is 0 Å². The Morgan fingerprint density at radius 1 is 1.41 bits per heavy atom. The highest BCUT2D eigenvalue weighted by molar-refractivity contribution is 5.70. The van der Waals surface area contributed by atoms with Crippen molar-refractivity contribution in [2.45, 2.75) is 26.2 Å². The molecule has 0 saturated carbocycles. The molecule has 1 heterocycles. The lowest BCUT2D eigenvalue weighted by Gasteiger charge is -2.22. The molecular weight excluding hydrogens is 282 g/mol. The lowest BCUT2D eigenvalue weighted by molar-refractivity contribution is -0.142. The molecule has 1 aromatic rings. The number of carboxylic acid groups (broad SMARTS) is 1. The van der Waals surface area contributed by atoms with Crippen molar-refractivity contribution >= 4 is 11.7 Å². The molecule has 2 unspecified atom stereocenters. The van der Waals surface area contributed by atoms with Crippen LogP contribution >= 0.6 is 0 Å². The molecule has 0 amide bonds. The smallest absolute Gasteiger partial charge is 0.306 e. The largest absolute Gasteiger partial charge is 0.497 e. The predicted molar refractivity (Wildman–Crippen MR) is 85.9 cm³/mol. The van der Waals surface area contributed by atoms with Crippen molar-refractivity contribution in [2.24, 2.45) is 11.8 Å². The van der Waals surface area contributed by atoms with Gasteiger partial charge in [-0.25, -0.2) is 0 Å². The van der Waals surface area contributed by atoms with Gasteiger partial charge >= 0.3 is 5.97 Å². The van der Waals surface area contributed by atoms with E-state index in [1.165, 1.54) is 0 Å². The number of rotatable bonds is 7. The molecule has 1 aliphatic heterocycles. The highest BCUT2D eigenvalue weighted by Gasteiger charge is 2.28. The van der Waals surface area contributed by atoms with Gasteiger partial charge in [-0.1, -0.05) is 6.92 Å². The van der Waals surface area contributed by atoms with Gasteiger partial charge in [-0.05, 0) is 37.3 Å². The Morgan fingerprint density at radius 3 is 2.77 bits per heavy atom. The van der Waals surface area contributed by atoms with Crippen LogP contribution in [-0.4, -0.2) is 38.4 Å². The third-order valence-electron chi connectivity index (χ3n) is 4.47. The first-order valence-corrected chi connectivity index (χ1v) is 7.78. The average molecular weight is 307 g/mol. The zero-order valence-corrected chi connectivity index (χ0v) is 13.5. The van der Waals surface area contributed by atoms with Gasteiger partial charge in [0.15, 0.2) is 0 Å². The van der Waals surface area contributed by atoms with Crippen LogP contribution in [0.25, 0.3) is 0 Å². The monoisotopic (exact) mass is 307 g/mol. The van der Waals surface area contributed by atoms with Crippen molar-refractivity contribution in [3.8, 4) is 11.5 Å². The molecule has 1 N–H and O–H groups in total. The van der Waals surface area contributed by atoms with Crippen LogP contribution in [0, 0.1) is 11.8 Å². The van der Waals surface area contributed by atoms with E-state index in [-0.39, 0.29) is 5.92 Å². The molecule has 2 rings (SSSR count). The number of aliphatic carboxylic acids is 1. The normalized spacial score (nSPS) is 19.0. The second-order valence-electron chi connectivity index (χ2n) is 5.82. The summed E-state index contributed by atoms with van der Waals surface area (Å²) in [6.07, 6.45) is 2.47. The third kappa shape index (κ3) is 3.64. The number of hydrogen-bond donors (Lipinski definition) is 1. The van der Waals surface area contributed by atoms with Crippen molar-refractivity contribution in [3.63, 3.8) is 0 Å². The Balaban J connectivity index is 2.05. The quantitative estimate of drug-likeness (QED) is 0.839. The van der Waals surface area contributed by atoms with Gasteiger partial charge in [0.25, 0.3) is 0 Å². The SMILES string of the molecule is CCC(CC1CCN(c2ccc(OC)cc2OC)C1)C(=O)O. The van der Waals surface area contributed by atoms with Crippen molar-refractivity contribution in [3.05, 3.63) is 18.2 Å². The molecule has 0 spiro atoms. The van der Waals surface area contributed by atoms with E-state index < -0.39 is 5.97 Å². The number of carboxylic acids is 1. The van der Waals surface area contributed by atoms with Gasteiger partial charge in [0, 0.05) is 19.2 Å². The highest BCUT2D eigenvalue weighted by atomic mass is 16.5. The first kappa shape index (κ1) is 16.5. The van der Waals surface area contributed by atoms with Crippen molar-refractivity contribution in [1.82, 2.24) is 0 Å². The standard InChI is InChI=1S/C17H25NO4/c1-4-13(17(19)20)9-12-7-8-18(11-12)15-6-5-14(21-2)10-16(15)22-3/h5-6,10,12-13H,4,7-9,11H2,1-3H3,(H,19,20). The fraction of sp³-hybridized carbons (Fsp3) is 0.588. The number of nitrogens with zero attached hydrogens (tertiary/aromatic N) is 1. The fourth-order valence-electron chi connectivity index (χ4n) is 3.13. The Bertz CT molecular complexity index is 517. The highest BCUT2D eigenvalue weighted by Crippen LogP contribution is 2.36. The van der Waals surface area contributed by atoms with Crippen LogP contribution in [0.1, 0.15) is 26.2 Å². The molecule has 22 heavy (non-hydrogen) atoms. The van der Waals surface area contributed by atoms with Gasteiger partial charge in [-0.15, -0.1) is 0 Å². The summed E-state index contributed by atoms with van der Waals surface area (Å²) in [5, 5.41) is 9.21. The molecule has 1 aliphatic rings. The van der Waals surface area contributed by atoms with Crippen LogP contribution in [0.3, 0.4) is 0 Å². The predicted octanol–water partition coefficient (Wildman–Crippen LogP) is 3.03. The van der Waals surface area contributed by atoms with Gasteiger partial charge in [0.05, 0.1) is 25.8 Å². The number of carbonyl (C=O) groups is 1. The van der Waals surface area contributed by atoms with E-state index in [0.717, 1.165) is 43.1 Å². The van der Waals surface area contributed by atoms with Gasteiger partial charge < -0.3 is 19.5 Å². The Hall–Kier alpha value is -1.91. The number of anilines is 1. The molecule has 122 valence electrons. The van der Waals surface area contributed by atoms with Gasteiger partial charge in [0.1, 0.15) is 11.5 Å². The Morgan fingerprint density at radius 2 is 2.18 bits per heavy atom. The zero-order chi connectivity index (χ0) is 16.1. The van der Waals surface area contributed by atoms with Gasteiger partial charge in [-0.2, -0.15) is 0 Å². The summed E-state index contributed by atoms with van der Waals surface area (Å²) in [5.74, 6) is 1.08. The van der Waals surface area contributed by atoms with E-state index in [9.17, 15) is 9.90 Å². The molecular formula is C17H25NO4. The maximum Gasteiger partial charge on any atom is 0.306 e. The van der Waals surface area contributed by atoms with E-state index in [1.807, 2.05) is 25.1 Å². The van der Waals surface area contributed by atoms with E-state index in [0.29, 0.717) is 12.3 Å². The van der Waals surface area contributed by atoms with E-state index in [2.05, 4.69) is 4.90 Å². The Kier molecular flexibility index (Phi) is 5.52. The van der Waals surface area contributed by atoms with Crippen LogP contribution in [-0.2, 0) is 4.79 Å². The molecule has 5 nitrogen and oxygen atoms in total. The molecule has 1 fully saturated rings. The molecule has 0 aliphatic carbocycles. The molecule has 0 aromatic heterocycles. The molecule has 1 aromatic carbocycles. The summed E-state index contributed by atoms with van der Waals surface area (Å²) in [7, 11) is 3.29. The molecule has 0 radical (unpaired) electrons. The fourth-order valence-corrected chi connectivity index (χ4v) is 3.13. The lowest BCUT2D eigenvalue weighted by atomic mass is 9.92. The van der Waals surface area contributed by atoms with E-state index in [1.54, 1.807) is 14.2 Å². The first-order valence-electron chi connectivity index (χ1n) is 7.78. The summed E-state index contributed by atoms with van der Waals surface area (Å²) < 4.78 is 10.7. The third-order valence-corrected chi connectivity index (χ3v) is 4.47. The first-order chi connectivity index (χ1) is 10.6. The molecule has 0 bridgehead atoms. The van der Waals surface area contributed by atoms with Crippen molar-refractivity contribution < 1.29 is 19.4 Å². The summed E-state index contributed by atoms with van der Waals surface area (Å²) >= 11 is 0. The number of ether oxygens (including phenoxy) is 2. The number of hydrogen-bond acceptors (Lipinski definition) is 4. The van der Waals surface area contributed by atoms with Crippen LogP contribution in [0.5, 0.6) is 11.5 Å². The van der Waals surface area contributed by atoms with Crippen LogP contribution in [0.4, 0.5) is 5.69 Å². The lowest BCUT2D eigenvalue weighted by Crippen LogP contribution is -2.22. The summed E-state index contributed by atoms with van der Waals surface area (Å²) in [6.45, 7) is 3.76. The van der Waals surface area contributed by atoms with Crippen LogP contribution in [0.15, 0.2) is 18.2 Å². The van der Waals surface area contributed by atoms with Crippen molar-refractivity contribution in [2.75, 3.05) is 32.2 Å². The summed E-state index contributed by atoms with van der Waals surface area (Å²) in [5.41, 5.74) is 1.05. The maximum absolute atomic E-state index is 11.2. The molecule has 5 heteroatoms. The minimum absolute atomic E-state index is 0.234. The second kappa shape index (κ2) is 7.38. The Labute approximate surface area is 131 Å². The zero-order valence-electron chi connectivity index (χ0n) is 13.5. The minimum Gasteiger partial charge on any atom is -0.497 e. The van der Waals surface area contributed by atoms with E-state index >= 15 is 0 Å². The average Bonchev–Trinajstić information content (AvgIpc) is 2.99. The topological polar surface area (TPSA) is 59.0 Å². The van der Waals surface area contributed by atoms with Crippen LogP contribution < -0.4 is 14.4 Å². The molecule has 2 atom stereocenters. The minimum atomic E-state index is -0.678. The maximum atomic E-state index is 11.2.